The Morgan fingerprint density at radius 1 is 0.271 bits per heavy atom. The number of rotatable bonds is 43. The van der Waals surface area contributed by atoms with Crippen molar-refractivity contribution in [2.75, 3.05) is 6.61 Å². The van der Waals surface area contributed by atoms with Gasteiger partial charge < -0.3 is 4.74 Å². The Kier molecular flexibility index (Phi) is 44.0. The van der Waals surface area contributed by atoms with Gasteiger partial charge in [0.2, 0.25) is 0 Å². The molecule has 0 aromatic carbocycles. The Labute approximate surface area is 304 Å². The Morgan fingerprint density at radius 3 is 0.688 bits per heavy atom. The molecule has 0 aliphatic carbocycles. The first kappa shape index (κ1) is 47.5. The number of hydrogen-bond donors (Lipinski definition) is 0. The molecule has 0 saturated heterocycles. The minimum Gasteiger partial charge on any atom is -0.466 e. The average molecular weight is 677 g/mol. The summed E-state index contributed by atoms with van der Waals surface area (Å²) in [4.78, 5) is 12.0. The molecule has 2 nitrogen and oxygen atoms in total. The molecule has 0 aromatic heterocycles. The molecule has 0 fully saturated rings. The summed E-state index contributed by atoms with van der Waals surface area (Å²) in [6.07, 6.45) is 58.0. The van der Waals surface area contributed by atoms with Gasteiger partial charge in [0.25, 0.3) is 0 Å². The third kappa shape index (κ3) is 43.5. The van der Waals surface area contributed by atoms with E-state index in [1.54, 1.807) is 0 Å². The Hall–Kier alpha value is -0.530. The molecule has 0 heterocycles. The quantitative estimate of drug-likeness (QED) is 0.0474. The molecule has 0 aromatic rings. The highest BCUT2D eigenvalue weighted by Crippen LogP contribution is 2.17. The second-order valence-electron chi connectivity index (χ2n) is 15.8. The molecule has 0 aliphatic heterocycles. The van der Waals surface area contributed by atoms with Crippen LogP contribution in [0.1, 0.15) is 284 Å². The maximum absolute atomic E-state index is 12.0. The van der Waals surface area contributed by atoms with Crippen LogP contribution in [0.15, 0.2) is 0 Å². The Balaban J connectivity index is 3.12. The third-order valence-corrected chi connectivity index (χ3v) is 10.7. The molecule has 0 spiro atoms. The zero-order chi connectivity index (χ0) is 34.7. The van der Waals surface area contributed by atoms with Crippen LogP contribution < -0.4 is 0 Å². The van der Waals surface area contributed by atoms with Crippen LogP contribution >= 0.6 is 0 Å². The average Bonchev–Trinajstić information content (AvgIpc) is 3.09. The van der Waals surface area contributed by atoms with Gasteiger partial charge in [-0.3, -0.25) is 4.79 Å². The fourth-order valence-electron chi connectivity index (χ4n) is 7.32. The van der Waals surface area contributed by atoms with Crippen LogP contribution in [0.2, 0.25) is 0 Å². The van der Waals surface area contributed by atoms with Crippen molar-refractivity contribution in [1.29, 1.82) is 0 Å². The van der Waals surface area contributed by atoms with Crippen molar-refractivity contribution < 1.29 is 9.53 Å². The highest BCUT2D eigenvalue weighted by atomic mass is 16.5. The van der Waals surface area contributed by atoms with Crippen molar-refractivity contribution in [3.8, 4) is 0 Å². The summed E-state index contributed by atoms with van der Waals surface area (Å²) < 4.78 is 5.46. The third-order valence-electron chi connectivity index (χ3n) is 10.7. The normalized spacial score (nSPS) is 11.5. The lowest BCUT2D eigenvalue weighted by Gasteiger charge is -2.06. The van der Waals surface area contributed by atoms with Crippen molar-refractivity contribution >= 4 is 5.97 Å². The molecule has 0 amide bonds. The number of carbonyl (C=O) groups excluding carboxylic acids is 1. The van der Waals surface area contributed by atoms with Crippen LogP contribution in [-0.2, 0) is 9.53 Å². The van der Waals surface area contributed by atoms with Crippen LogP contribution in [0.25, 0.3) is 0 Å². The maximum Gasteiger partial charge on any atom is 0.305 e. The van der Waals surface area contributed by atoms with Crippen molar-refractivity contribution in [2.45, 2.75) is 284 Å². The number of ether oxygens (including phenoxy) is 1. The summed E-state index contributed by atoms with van der Waals surface area (Å²) in [5.41, 5.74) is 0. The molecular formula is C46H92O2. The van der Waals surface area contributed by atoms with Crippen molar-refractivity contribution in [3.05, 3.63) is 0 Å². The van der Waals surface area contributed by atoms with Gasteiger partial charge in [-0.25, -0.2) is 0 Å². The SMILES string of the molecule is CCCCCCCCCCCCCCCCCCCCCCCCCCCCCCCC(=O)OCCCCCCCCCCCCCC. The fourth-order valence-corrected chi connectivity index (χ4v) is 7.32. The molecule has 0 aliphatic rings. The lowest BCUT2D eigenvalue weighted by Crippen LogP contribution is -2.05. The van der Waals surface area contributed by atoms with Gasteiger partial charge in [-0.2, -0.15) is 0 Å². The summed E-state index contributed by atoms with van der Waals surface area (Å²) in [5.74, 6) is 0.0306. The van der Waals surface area contributed by atoms with E-state index in [1.807, 2.05) is 0 Å². The molecule has 0 atom stereocenters. The Bertz CT molecular complexity index is 572. The summed E-state index contributed by atoms with van der Waals surface area (Å²) in [5, 5.41) is 0. The lowest BCUT2D eigenvalue weighted by molar-refractivity contribution is -0.143. The van der Waals surface area contributed by atoms with Gasteiger partial charge in [-0.1, -0.05) is 264 Å². The van der Waals surface area contributed by atoms with E-state index in [0.717, 1.165) is 12.8 Å². The number of unbranched alkanes of at least 4 members (excludes halogenated alkanes) is 39. The number of carbonyl (C=O) groups is 1. The molecule has 288 valence electrons. The van der Waals surface area contributed by atoms with Crippen molar-refractivity contribution in [1.82, 2.24) is 0 Å². The first-order valence-electron chi connectivity index (χ1n) is 23.0. The smallest absolute Gasteiger partial charge is 0.305 e. The summed E-state index contributed by atoms with van der Waals surface area (Å²) in [7, 11) is 0. The van der Waals surface area contributed by atoms with E-state index in [0.29, 0.717) is 13.0 Å². The van der Waals surface area contributed by atoms with Crippen LogP contribution in [0.5, 0.6) is 0 Å². The largest absolute Gasteiger partial charge is 0.466 e. The van der Waals surface area contributed by atoms with E-state index in [1.165, 1.54) is 250 Å². The van der Waals surface area contributed by atoms with Crippen molar-refractivity contribution in [3.63, 3.8) is 0 Å². The molecule has 0 N–H and O–H groups in total. The molecule has 0 unspecified atom stereocenters. The molecule has 0 radical (unpaired) electrons. The monoisotopic (exact) mass is 677 g/mol. The fraction of sp³-hybridized carbons (Fsp3) is 0.978. The molecule has 2 heteroatoms. The predicted molar refractivity (Wildman–Crippen MR) is 216 cm³/mol. The van der Waals surface area contributed by atoms with E-state index >= 15 is 0 Å². The number of hydrogen-bond acceptors (Lipinski definition) is 2. The standard InChI is InChI=1S/C46H92O2/c1-3-5-7-9-11-13-15-17-18-19-20-21-22-23-24-25-26-27-28-29-30-31-32-33-34-36-38-40-42-44-46(47)48-45-43-41-39-37-35-16-14-12-10-8-6-4-2/h3-45H2,1-2H3. The van der Waals surface area contributed by atoms with Crippen molar-refractivity contribution in [2.24, 2.45) is 0 Å². The summed E-state index contributed by atoms with van der Waals surface area (Å²) in [6.45, 7) is 5.22. The van der Waals surface area contributed by atoms with E-state index < -0.39 is 0 Å². The molecule has 0 rings (SSSR count). The topological polar surface area (TPSA) is 26.3 Å². The lowest BCUT2D eigenvalue weighted by atomic mass is 10.0. The predicted octanol–water partition coefficient (Wildman–Crippen LogP) is 17.0. The first-order chi connectivity index (χ1) is 23.8. The van der Waals surface area contributed by atoms with Gasteiger partial charge in [0.05, 0.1) is 6.61 Å². The van der Waals surface area contributed by atoms with E-state index in [2.05, 4.69) is 13.8 Å². The highest BCUT2D eigenvalue weighted by molar-refractivity contribution is 5.69. The Morgan fingerprint density at radius 2 is 0.458 bits per heavy atom. The molecule has 0 bridgehead atoms. The molecule has 48 heavy (non-hydrogen) atoms. The zero-order valence-corrected chi connectivity index (χ0v) is 33.7. The van der Waals surface area contributed by atoms with E-state index in [9.17, 15) is 4.79 Å². The minimum atomic E-state index is 0.0306. The second-order valence-corrected chi connectivity index (χ2v) is 15.8. The van der Waals surface area contributed by atoms with Crippen LogP contribution in [0, 0.1) is 0 Å². The van der Waals surface area contributed by atoms with Gasteiger partial charge in [-0.05, 0) is 12.8 Å². The van der Waals surface area contributed by atoms with Crippen LogP contribution in [0.3, 0.4) is 0 Å². The van der Waals surface area contributed by atoms with E-state index in [-0.39, 0.29) is 5.97 Å². The first-order valence-corrected chi connectivity index (χ1v) is 23.0. The molecular weight excluding hydrogens is 585 g/mol. The van der Waals surface area contributed by atoms with Gasteiger partial charge in [-0.15, -0.1) is 0 Å². The van der Waals surface area contributed by atoms with Gasteiger partial charge in [0, 0.05) is 6.42 Å². The van der Waals surface area contributed by atoms with Crippen LogP contribution in [0.4, 0.5) is 0 Å². The maximum atomic E-state index is 12.0. The van der Waals surface area contributed by atoms with Gasteiger partial charge in [0.15, 0.2) is 0 Å². The summed E-state index contributed by atoms with van der Waals surface area (Å²) in [6, 6.07) is 0. The minimum absolute atomic E-state index is 0.0306. The number of esters is 1. The van der Waals surface area contributed by atoms with Gasteiger partial charge in [0.1, 0.15) is 0 Å². The van der Waals surface area contributed by atoms with Gasteiger partial charge >= 0.3 is 5.97 Å². The zero-order valence-electron chi connectivity index (χ0n) is 33.7. The molecule has 0 saturated carbocycles. The summed E-state index contributed by atoms with van der Waals surface area (Å²) >= 11 is 0. The van der Waals surface area contributed by atoms with E-state index in [4.69, 9.17) is 4.74 Å². The van der Waals surface area contributed by atoms with Crippen LogP contribution in [-0.4, -0.2) is 12.6 Å². The second kappa shape index (κ2) is 44.5. The highest BCUT2D eigenvalue weighted by Gasteiger charge is 2.03.